The van der Waals surface area contributed by atoms with Crippen LogP contribution in [-0.4, -0.2) is 17.1 Å². The van der Waals surface area contributed by atoms with Gasteiger partial charge in [0.2, 0.25) is 0 Å². The molecule has 0 fully saturated rings. The second-order valence-electron chi connectivity index (χ2n) is 9.45. The number of thiophene rings is 2. The second-order valence-corrected chi connectivity index (χ2v) is 11.3. The van der Waals surface area contributed by atoms with Gasteiger partial charge in [-0.2, -0.15) is 0 Å². The molecule has 3 heterocycles. The van der Waals surface area contributed by atoms with Gasteiger partial charge in [-0.05, 0) is 77.5 Å². The van der Waals surface area contributed by atoms with E-state index >= 15 is 0 Å². The Morgan fingerprint density at radius 1 is 0.757 bits per heavy atom. The van der Waals surface area contributed by atoms with Crippen molar-refractivity contribution in [3.63, 3.8) is 0 Å². The van der Waals surface area contributed by atoms with Gasteiger partial charge in [0.05, 0.1) is 12.5 Å². The SMILES string of the molecule is O=C(OCCCCCCn1c2ccc(-c3cccs3)cc2c2cc(-c3cccs3)ccc21)C1C=CC=C1. The van der Waals surface area contributed by atoms with Crippen molar-refractivity contribution in [3.8, 4) is 20.9 Å². The van der Waals surface area contributed by atoms with Gasteiger partial charge in [-0.15, -0.1) is 22.7 Å². The first-order valence-corrected chi connectivity index (χ1v) is 14.7. The number of benzene rings is 2. The number of nitrogens with zero attached hydrogens (tertiary/aromatic N) is 1. The van der Waals surface area contributed by atoms with E-state index < -0.39 is 0 Å². The Kier molecular flexibility index (Phi) is 7.07. The van der Waals surface area contributed by atoms with Crippen LogP contribution in [0.5, 0.6) is 0 Å². The summed E-state index contributed by atoms with van der Waals surface area (Å²) in [6.07, 6.45) is 11.7. The van der Waals surface area contributed by atoms with Crippen molar-refractivity contribution in [1.29, 1.82) is 0 Å². The lowest BCUT2D eigenvalue weighted by atomic mass is 10.1. The normalized spacial score (nSPS) is 13.3. The number of aryl methyl sites for hydroxylation is 1. The maximum atomic E-state index is 12.0. The fourth-order valence-electron chi connectivity index (χ4n) is 5.12. The van der Waals surface area contributed by atoms with Crippen molar-refractivity contribution >= 4 is 50.4 Å². The molecule has 0 spiro atoms. The van der Waals surface area contributed by atoms with Crippen LogP contribution in [0, 0.1) is 5.92 Å². The van der Waals surface area contributed by atoms with E-state index in [1.807, 2.05) is 24.3 Å². The number of carbonyl (C=O) groups is 1. The van der Waals surface area contributed by atoms with Gasteiger partial charge in [0.25, 0.3) is 0 Å². The lowest BCUT2D eigenvalue weighted by Gasteiger charge is -2.09. The topological polar surface area (TPSA) is 31.2 Å². The predicted molar refractivity (Wildman–Crippen MR) is 157 cm³/mol. The summed E-state index contributed by atoms with van der Waals surface area (Å²) < 4.78 is 7.92. The summed E-state index contributed by atoms with van der Waals surface area (Å²) >= 11 is 3.57. The average molecular weight is 524 g/mol. The van der Waals surface area contributed by atoms with Gasteiger partial charge in [0.1, 0.15) is 0 Å². The molecule has 0 bridgehead atoms. The maximum absolute atomic E-state index is 12.0. The van der Waals surface area contributed by atoms with Crippen LogP contribution in [0.3, 0.4) is 0 Å². The van der Waals surface area contributed by atoms with Crippen LogP contribution in [0.2, 0.25) is 0 Å². The number of rotatable bonds is 10. The molecule has 2 aromatic carbocycles. The van der Waals surface area contributed by atoms with Gasteiger partial charge in [0, 0.05) is 38.1 Å². The van der Waals surface area contributed by atoms with Crippen molar-refractivity contribution in [2.75, 3.05) is 6.61 Å². The summed E-state index contributed by atoms with van der Waals surface area (Å²) in [6.45, 7) is 1.48. The Bertz CT molecular complexity index is 1470. The van der Waals surface area contributed by atoms with Gasteiger partial charge < -0.3 is 9.30 Å². The fourth-order valence-corrected chi connectivity index (χ4v) is 6.57. The summed E-state index contributed by atoms with van der Waals surface area (Å²) in [4.78, 5) is 14.6. The number of ether oxygens (including phenoxy) is 1. The van der Waals surface area contributed by atoms with Crippen LogP contribution in [0.1, 0.15) is 25.7 Å². The standard InChI is InChI=1S/C32H29NO2S2/c34-32(23-9-3-4-10-23)35-18-6-2-1-5-17-33-28-15-13-24(30-11-7-19-36-30)21-26(28)27-22-25(14-16-29(27)33)31-12-8-20-37-31/h3-4,7-16,19-23H,1-2,5-6,17-18H2. The van der Waals surface area contributed by atoms with Crippen LogP contribution in [0.15, 0.2) is 95.7 Å². The Labute approximate surface area is 225 Å². The number of unbranched alkanes of at least 4 members (excludes halogenated alkanes) is 3. The summed E-state index contributed by atoms with van der Waals surface area (Å²) in [7, 11) is 0. The van der Waals surface area contributed by atoms with E-state index in [-0.39, 0.29) is 11.9 Å². The van der Waals surface area contributed by atoms with Crippen molar-refractivity contribution in [3.05, 3.63) is 95.7 Å². The molecule has 0 N–H and O–H groups in total. The molecule has 5 aromatic rings. The highest BCUT2D eigenvalue weighted by Gasteiger charge is 2.16. The number of allylic oxidation sites excluding steroid dienone is 2. The molecule has 5 heteroatoms. The third kappa shape index (κ3) is 5.07. The molecule has 0 saturated carbocycles. The number of hydrogen-bond acceptors (Lipinski definition) is 4. The molecule has 0 unspecified atom stereocenters. The molecule has 0 aliphatic heterocycles. The molecule has 186 valence electrons. The highest BCUT2D eigenvalue weighted by Crippen LogP contribution is 2.37. The number of hydrogen-bond donors (Lipinski definition) is 0. The number of carbonyl (C=O) groups excluding carboxylic acids is 1. The zero-order valence-corrected chi connectivity index (χ0v) is 22.3. The molecule has 0 atom stereocenters. The Morgan fingerprint density at radius 3 is 1.92 bits per heavy atom. The van der Waals surface area contributed by atoms with Gasteiger partial charge in [-0.25, -0.2) is 0 Å². The van der Waals surface area contributed by atoms with Gasteiger partial charge in [-0.3, -0.25) is 4.79 Å². The predicted octanol–water partition coefficient (Wildman–Crippen LogP) is 9.10. The van der Waals surface area contributed by atoms with E-state index in [2.05, 4.69) is 76.0 Å². The van der Waals surface area contributed by atoms with Gasteiger partial charge in [0.15, 0.2) is 0 Å². The lowest BCUT2D eigenvalue weighted by molar-refractivity contribution is -0.145. The van der Waals surface area contributed by atoms with Crippen molar-refractivity contribution in [1.82, 2.24) is 4.57 Å². The highest BCUT2D eigenvalue weighted by atomic mass is 32.1. The molecule has 1 aliphatic rings. The molecular weight excluding hydrogens is 494 g/mol. The van der Waals surface area contributed by atoms with Crippen LogP contribution in [0.4, 0.5) is 0 Å². The van der Waals surface area contributed by atoms with Gasteiger partial charge >= 0.3 is 5.97 Å². The smallest absolute Gasteiger partial charge is 0.316 e. The Morgan fingerprint density at radius 2 is 1.35 bits per heavy atom. The molecule has 0 saturated heterocycles. The largest absolute Gasteiger partial charge is 0.465 e. The van der Waals surface area contributed by atoms with Crippen LogP contribution in [0.25, 0.3) is 42.7 Å². The second kappa shape index (κ2) is 10.9. The molecule has 0 radical (unpaired) electrons. The lowest BCUT2D eigenvalue weighted by Crippen LogP contribution is -2.13. The van der Waals surface area contributed by atoms with E-state index in [1.165, 1.54) is 42.7 Å². The van der Waals surface area contributed by atoms with E-state index in [0.717, 1.165) is 32.2 Å². The number of aromatic nitrogens is 1. The Hall–Kier alpha value is -3.41. The first-order chi connectivity index (χ1) is 18.3. The summed E-state index contributed by atoms with van der Waals surface area (Å²) in [6, 6.07) is 22.4. The third-order valence-electron chi connectivity index (χ3n) is 7.02. The van der Waals surface area contributed by atoms with Crippen LogP contribution < -0.4 is 0 Å². The quantitative estimate of drug-likeness (QED) is 0.135. The van der Waals surface area contributed by atoms with E-state index in [0.29, 0.717) is 6.61 Å². The van der Waals surface area contributed by atoms with E-state index in [9.17, 15) is 4.79 Å². The number of esters is 1. The minimum absolute atomic E-state index is 0.140. The summed E-state index contributed by atoms with van der Waals surface area (Å²) in [5.74, 6) is -0.338. The number of fused-ring (bicyclic) bond motifs is 3. The first kappa shape index (κ1) is 24.0. The fraction of sp³-hybridized carbons (Fsp3) is 0.219. The minimum Gasteiger partial charge on any atom is -0.465 e. The van der Waals surface area contributed by atoms with Gasteiger partial charge in [-0.1, -0.05) is 55.0 Å². The molecular formula is C32H29NO2S2. The maximum Gasteiger partial charge on any atom is 0.316 e. The summed E-state index contributed by atoms with van der Waals surface area (Å²) in [5.41, 5.74) is 5.15. The van der Waals surface area contributed by atoms with Crippen LogP contribution >= 0.6 is 22.7 Å². The molecule has 3 nitrogen and oxygen atoms in total. The van der Waals surface area contributed by atoms with Crippen molar-refractivity contribution < 1.29 is 9.53 Å². The van der Waals surface area contributed by atoms with Crippen molar-refractivity contribution in [2.45, 2.75) is 32.2 Å². The van der Waals surface area contributed by atoms with E-state index in [1.54, 1.807) is 22.7 Å². The highest BCUT2D eigenvalue weighted by molar-refractivity contribution is 7.13. The minimum atomic E-state index is -0.198. The average Bonchev–Trinajstić information content (AvgIpc) is 3.75. The molecule has 37 heavy (non-hydrogen) atoms. The van der Waals surface area contributed by atoms with Crippen LogP contribution in [-0.2, 0) is 16.1 Å². The van der Waals surface area contributed by atoms with Crippen molar-refractivity contribution in [2.24, 2.45) is 5.92 Å². The summed E-state index contributed by atoms with van der Waals surface area (Å²) in [5, 5.41) is 6.92. The molecule has 0 amide bonds. The Balaban J connectivity index is 1.18. The first-order valence-electron chi connectivity index (χ1n) is 12.9. The zero-order chi connectivity index (χ0) is 25.0. The third-order valence-corrected chi connectivity index (χ3v) is 8.85. The zero-order valence-electron chi connectivity index (χ0n) is 20.6. The molecule has 3 aromatic heterocycles. The molecule has 1 aliphatic carbocycles. The monoisotopic (exact) mass is 523 g/mol. The van der Waals surface area contributed by atoms with E-state index in [4.69, 9.17) is 4.74 Å². The molecule has 6 rings (SSSR count).